The predicted molar refractivity (Wildman–Crippen MR) is 92.5 cm³/mol. The Morgan fingerprint density at radius 2 is 2.18 bits per heavy atom. The van der Waals surface area contributed by atoms with Crippen molar-refractivity contribution in [2.75, 3.05) is 26.0 Å². The highest BCUT2D eigenvalue weighted by Crippen LogP contribution is 2.17. The first-order valence-electron chi connectivity index (χ1n) is 7.61. The third-order valence-corrected chi connectivity index (χ3v) is 3.69. The molecule has 0 spiro atoms. The van der Waals surface area contributed by atoms with Crippen LogP contribution in [0.25, 0.3) is 0 Å². The van der Waals surface area contributed by atoms with Crippen LogP contribution in [0, 0.1) is 0 Å². The third kappa shape index (κ3) is 6.28. The Bertz CT molecular complexity index is 511. The zero-order chi connectivity index (χ0) is 16.5. The number of allylic oxidation sites excluding steroid dienone is 1. The molecular weight excluding hydrogens is 276 g/mol. The number of hydrazine groups is 1. The number of hydrogen-bond donors (Lipinski definition) is 3. The maximum Gasteiger partial charge on any atom is 0.224 e. The van der Waals surface area contributed by atoms with Gasteiger partial charge in [0.1, 0.15) is 0 Å². The van der Waals surface area contributed by atoms with Crippen LogP contribution in [0.3, 0.4) is 0 Å². The lowest BCUT2D eigenvalue weighted by atomic mass is 10.0. The van der Waals surface area contributed by atoms with Crippen LogP contribution in [0.15, 0.2) is 35.9 Å². The number of benzene rings is 1. The van der Waals surface area contributed by atoms with Crippen LogP contribution in [0.1, 0.15) is 25.8 Å². The largest absolute Gasteiger partial charge is 0.379 e. The molecule has 0 saturated heterocycles. The summed E-state index contributed by atoms with van der Waals surface area (Å²) in [7, 11) is 3.52. The van der Waals surface area contributed by atoms with Gasteiger partial charge in [-0.1, -0.05) is 23.8 Å². The average Bonchev–Trinajstić information content (AvgIpc) is 2.50. The molecule has 0 aliphatic heterocycles. The van der Waals surface area contributed by atoms with Crippen LogP contribution in [-0.2, 0) is 11.2 Å². The Labute approximate surface area is 133 Å². The molecule has 1 rings (SSSR count). The fourth-order valence-electron chi connectivity index (χ4n) is 2.19. The number of anilines is 1. The molecule has 1 amide bonds. The van der Waals surface area contributed by atoms with E-state index < -0.39 is 0 Å². The molecule has 22 heavy (non-hydrogen) atoms. The summed E-state index contributed by atoms with van der Waals surface area (Å²) in [5.74, 6) is 5.73. The fraction of sp³-hybridized carbons (Fsp3) is 0.471. The second-order valence-corrected chi connectivity index (χ2v) is 5.55. The Kier molecular flexibility index (Phi) is 7.63. The zero-order valence-electron chi connectivity index (χ0n) is 14.0. The quantitative estimate of drug-likeness (QED) is 0.390. The summed E-state index contributed by atoms with van der Waals surface area (Å²) in [6.07, 6.45) is 3.43. The monoisotopic (exact) mass is 304 g/mol. The summed E-state index contributed by atoms with van der Waals surface area (Å²) < 4.78 is 0. The number of nitrogens with one attached hydrogen (secondary N) is 2. The number of rotatable bonds is 8. The first kappa shape index (κ1) is 18.2. The Balaban J connectivity index is 2.79. The van der Waals surface area contributed by atoms with E-state index in [9.17, 15) is 4.79 Å². The molecule has 4 N–H and O–H groups in total. The van der Waals surface area contributed by atoms with Gasteiger partial charge in [0.25, 0.3) is 0 Å². The van der Waals surface area contributed by atoms with Crippen molar-refractivity contribution in [2.45, 2.75) is 32.7 Å². The third-order valence-electron chi connectivity index (χ3n) is 3.69. The molecule has 5 heteroatoms. The van der Waals surface area contributed by atoms with E-state index in [-0.39, 0.29) is 11.9 Å². The van der Waals surface area contributed by atoms with Crippen molar-refractivity contribution >= 4 is 11.6 Å². The molecule has 0 bridgehead atoms. The summed E-state index contributed by atoms with van der Waals surface area (Å²) in [5.41, 5.74) is 3.29. The maximum atomic E-state index is 11.5. The number of carbonyl (C=O) groups excluding carboxylic acids is 1. The molecule has 5 nitrogen and oxygen atoms in total. The van der Waals surface area contributed by atoms with Gasteiger partial charge < -0.3 is 10.6 Å². The van der Waals surface area contributed by atoms with Crippen LogP contribution in [0.5, 0.6) is 0 Å². The Morgan fingerprint density at radius 1 is 1.45 bits per heavy atom. The van der Waals surface area contributed by atoms with Gasteiger partial charge in [-0.3, -0.25) is 15.6 Å². The number of likely N-dealkylation sites (N-methyl/N-ethyl adjacent to an activating group) is 1. The van der Waals surface area contributed by atoms with Crippen molar-refractivity contribution in [3.63, 3.8) is 0 Å². The van der Waals surface area contributed by atoms with Crippen molar-refractivity contribution in [2.24, 2.45) is 5.84 Å². The predicted octanol–water partition coefficient (Wildman–Crippen LogP) is 1.92. The lowest BCUT2D eigenvalue weighted by molar-refractivity contribution is -0.119. The van der Waals surface area contributed by atoms with Crippen LogP contribution in [0.4, 0.5) is 5.69 Å². The number of nitrogens with zero attached hydrogens (tertiary/aromatic N) is 1. The molecule has 0 radical (unpaired) electrons. The second-order valence-electron chi connectivity index (χ2n) is 5.55. The number of amides is 1. The van der Waals surface area contributed by atoms with E-state index in [4.69, 9.17) is 5.84 Å². The molecule has 0 saturated carbocycles. The Morgan fingerprint density at radius 3 is 2.77 bits per heavy atom. The summed E-state index contributed by atoms with van der Waals surface area (Å²) in [6, 6.07) is 8.21. The number of hydrogen-bond acceptors (Lipinski definition) is 4. The first-order chi connectivity index (χ1) is 10.5. The highest BCUT2D eigenvalue weighted by molar-refractivity contribution is 5.78. The van der Waals surface area contributed by atoms with Crippen molar-refractivity contribution in [1.82, 2.24) is 10.3 Å². The normalized spacial score (nSPS) is 13.1. The lowest BCUT2D eigenvalue weighted by Crippen LogP contribution is -2.32. The average molecular weight is 304 g/mol. The van der Waals surface area contributed by atoms with Crippen molar-refractivity contribution in [3.05, 3.63) is 41.5 Å². The smallest absolute Gasteiger partial charge is 0.224 e. The standard InChI is InChI=1S/C17H28N4O/c1-5-13(2)16(9-10-21(4)18)20-15-8-6-7-14(11-15)12-17(22)19-3/h5-8,11,16,20H,9-10,12,18H2,1-4H3,(H,19,22)/b13-5+. The van der Waals surface area contributed by atoms with Crippen molar-refractivity contribution in [1.29, 1.82) is 0 Å². The number of nitrogens with two attached hydrogens (primary N) is 1. The molecule has 0 aliphatic rings. The minimum atomic E-state index is 0.0168. The highest BCUT2D eigenvalue weighted by atomic mass is 16.1. The molecule has 0 aliphatic carbocycles. The van der Waals surface area contributed by atoms with Gasteiger partial charge in [0.15, 0.2) is 0 Å². The van der Waals surface area contributed by atoms with E-state index in [1.165, 1.54) is 5.57 Å². The molecular formula is C17H28N4O. The maximum absolute atomic E-state index is 11.5. The molecule has 1 unspecified atom stereocenters. The van der Waals surface area contributed by atoms with Gasteiger partial charge in [-0.2, -0.15) is 0 Å². The number of carbonyl (C=O) groups is 1. The topological polar surface area (TPSA) is 70.4 Å². The van der Waals surface area contributed by atoms with Gasteiger partial charge in [0.05, 0.1) is 6.42 Å². The molecule has 1 aromatic rings. The Hall–Kier alpha value is -1.85. The van der Waals surface area contributed by atoms with E-state index in [2.05, 4.69) is 23.6 Å². The van der Waals surface area contributed by atoms with Gasteiger partial charge in [0.2, 0.25) is 5.91 Å². The summed E-state index contributed by atoms with van der Waals surface area (Å²) in [5, 5.41) is 7.87. The molecule has 122 valence electrons. The molecule has 0 aromatic heterocycles. The zero-order valence-corrected chi connectivity index (χ0v) is 14.0. The van der Waals surface area contributed by atoms with Crippen LogP contribution in [0.2, 0.25) is 0 Å². The summed E-state index contributed by atoms with van der Waals surface area (Å²) in [6.45, 7) is 4.96. The van der Waals surface area contributed by atoms with E-state index in [0.29, 0.717) is 6.42 Å². The van der Waals surface area contributed by atoms with Gasteiger partial charge in [-0.05, 0) is 38.0 Å². The minimum Gasteiger partial charge on any atom is -0.379 e. The van der Waals surface area contributed by atoms with E-state index in [1.807, 2.05) is 38.2 Å². The molecule has 1 aromatic carbocycles. The van der Waals surface area contributed by atoms with Gasteiger partial charge in [0, 0.05) is 32.4 Å². The summed E-state index contributed by atoms with van der Waals surface area (Å²) >= 11 is 0. The van der Waals surface area contributed by atoms with E-state index >= 15 is 0 Å². The first-order valence-corrected chi connectivity index (χ1v) is 7.61. The van der Waals surface area contributed by atoms with Crippen molar-refractivity contribution in [3.8, 4) is 0 Å². The van der Waals surface area contributed by atoms with Crippen LogP contribution in [-0.4, -0.2) is 37.6 Å². The summed E-state index contributed by atoms with van der Waals surface area (Å²) in [4.78, 5) is 11.5. The van der Waals surface area contributed by atoms with Crippen molar-refractivity contribution < 1.29 is 4.79 Å². The molecule has 1 atom stereocenters. The lowest BCUT2D eigenvalue weighted by Gasteiger charge is -2.23. The SMILES string of the molecule is C/C=C(\C)C(CCN(C)N)Nc1cccc(CC(=O)NC)c1. The highest BCUT2D eigenvalue weighted by Gasteiger charge is 2.11. The van der Waals surface area contributed by atoms with Crippen LogP contribution >= 0.6 is 0 Å². The molecule has 0 fully saturated rings. The fourth-order valence-corrected chi connectivity index (χ4v) is 2.19. The van der Waals surface area contributed by atoms with E-state index in [0.717, 1.165) is 24.2 Å². The van der Waals surface area contributed by atoms with Gasteiger partial charge >= 0.3 is 0 Å². The minimum absolute atomic E-state index is 0.0168. The molecule has 0 heterocycles. The van der Waals surface area contributed by atoms with E-state index in [1.54, 1.807) is 12.1 Å². The van der Waals surface area contributed by atoms with Gasteiger partial charge in [-0.15, -0.1) is 0 Å². The van der Waals surface area contributed by atoms with Crippen LogP contribution < -0.4 is 16.5 Å². The second kappa shape index (κ2) is 9.23. The van der Waals surface area contributed by atoms with Gasteiger partial charge in [-0.25, -0.2) is 0 Å².